The van der Waals surface area contributed by atoms with E-state index in [0.29, 0.717) is 24.7 Å². The lowest BCUT2D eigenvalue weighted by Gasteiger charge is -2.39. The Kier molecular flexibility index (Phi) is 7.56. The Morgan fingerprint density at radius 3 is 2.09 bits per heavy atom. The van der Waals surface area contributed by atoms with Crippen LogP contribution in [0.25, 0.3) is 0 Å². The summed E-state index contributed by atoms with van der Waals surface area (Å²) < 4.78 is 28.3. The van der Waals surface area contributed by atoms with E-state index in [1.165, 1.54) is 0 Å². The van der Waals surface area contributed by atoms with E-state index >= 15 is 0 Å². The van der Waals surface area contributed by atoms with E-state index in [0.717, 1.165) is 25.7 Å². The smallest absolute Gasteiger partial charge is 0.152 e. The predicted molar refractivity (Wildman–Crippen MR) is 83.3 cm³/mol. The van der Waals surface area contributed by atoms with Crippen LogP contribution in [0.3, 0.4) is 0 Å². The first-order valence-electron chi connectivity index (χ1n) is 7.96. The molecular formula is C18H25F2NO. The van der Waals surface area contributed by atoms with E-state index in [4.69, 9.17) is 5.26 Å². The second-order valence-corrected chi connectivity index (χ2v) is 6.37. The molecule has 122 valence electrons. The second kappa shape index (κ2) is 8.91. The third kappa shape index (κ3) is 4.55. The summed E-state index contributed by atoms with van der Waals surface area (Å²) in [6.45, 7) is 2.04. The van der Waals surface area contributed by atoms with E-state index in [9.17, 15) is 8.78 Å². The van der Waals surface area contributed by atoms with Crippen LogP contribution in [0.15, 0.2) is 12.2 Å². The Hall–Kier alpha value is -1.39. The Balaban J connectivity index is 0.00000242. The van der Waals surface area contributed by atoms with Crippen LogP contribution >= 0.6 is 0 Å². The molecule has 2 unspecified atom stereocenters. The normalized spacial score (nSPS) is 38.5. The zero-order valence-corrected chi connectivity index (χ0v) is 13.1. The Morgan fingerprint density at radius 2 is 1.59 bits per heavy atom. The molecule has 0 aliphatic heterocycles. The van der Waals surface area contributed by atoms with Crippen molar-refractivity contribution in [1.82, 2.24) is 0 Å². The molecule has 0 heterocycles. The summed E-state index contributed by atoms with van der Waals surface area (Å²) in [4.78, 5) is 0. The highest BCUT2D eigenvalue weighted by molar-refractivity contribution is 5.21. The van der Waals surface area contributed by atoms with Gasteiger partial charge in [-0.25, -0.2) is 8.78 Å². The molecule has 2 saturated carbocycles. The first-order valence-corrected chi connectivity index (χ1v) is 7.96. The highest BCUT2D eigenvalue weighted by Crippen LogP contribution is 2.43. The number of nitriles is 1. The predicted octanol–water partition coefficient (Wildman–Crippen LogP) is 3.77. The topological polar surface area (TPSA) is 55.3 Å². The second-order valence-electron chi connectivity index (χ2n) is 6.37. The fraction of sp³-hybridized carbons (Fsp3) is 0.722. The van der Waals surface area contributed by atoms with Crippen molar-refractivity contribution in [2.45, 2.75) is 57.8 Å². The maximum absolute atomic E-state index is 14.2. The van der Waals surface area contributed by atoms with Gasteiger partial charge in [0.05, 0.1) is 5.92 Å². The van der Waals surface area contributed by atoms with Gasteiger partial charge in [0.25, 0.3) is 0 Å². The number of halogens is 2. The molecule has 0 aromatic carbocycles. The van der Waals surface area contributed by atoms with Gasteiger partial charge in [-0.2, -0.15) is 5.26 Å². The number of rotatable bonds is 2. The lowest BCUT2D eigenvalue weighted by atomic mass is 9.68. The monoisotopic (exact) mass is 309 g/mol. The van der Waals surface area contributed by atoms with Crippen LogP contribution in [0, 0.1) is 46.8 Å². The average Bonchev–Trinajstić information content (AvgIpc) is 2.47. The van der Waals surface area contributed by atoms with Crippen molar-refractivity contribution in [1.29, 1.82) is 5.26 Å². The van der Waals surface area contributed by atoms with E-state index in [-0.39, 0.29) is 11.4 Å². The average molecular weight is 309 g/mol. The molecule has 0 radical (unpaired) electrons. The van der Waals surface area contributed by atoms with E-state index in [1.807, 2.05) is 6.92 Å². The van der Waals surface area contributed by atoms with Crippen molar-refractivity contribution in [3.63, 3.8) is 0 Å². The van der Waals surface area contributed by atoms with Crippen molar-refractivity contribution in [3.8, 4) is 17.9 Å². The molecule has 2 nitrogen and oxygen atoms in total. The van der Waals surface area contributed by atoms with Gasteiger partial charge in [0.1, 0.15) is 12.3 Å². The summed E-state index contributed by atoms with van der Waals surface area (Å²) in [6.07, 6.45) is 7.13. The van der Waals surface area contributed by atoms with Gasteiger partial charge in [-0.15, -0.1) is 0 Å². The molecule has 0 spiro atoms. The van der Waals surface area contributed by atoms with Crippen molar-refractivity contribution >= 4 is 0 Å². The molecule has 0 saturated heterocycles. The summed E-state index contributed by atoms with van der Waals surface area (Å²) in [5.41, 5.74) is 0. The number of hydrogen-bond donors (Lipinski definition) is 0. The van der Waals surface area contributed by atoms with Crippen LogP contribution < -0.4 is 0 Å². The maximum atomic E-state index is 14.2. The van der Waals surface area contributed by atoms with Crippen molar-refractivity contribution < 1.29 is 14.3 Å². The van der Waals surface area contributed by atoms with Crippen LogP contribution in [0.1, 0.15) is 45.4 Å². The van der Waals surface area contributed by atoms with Crippen molar-refractivity contribution in [3.05, 3.63) is 12.2 Å². The first-order chi connectivity index (χ1) is 10.2. The van der Waals surface area contributed by atoms with Gasteiger partial charge in [0.15, 0.2) is 6.07 Å². The SMILES string of the molecule is C/C=C/C1CCC(C2CC(F)C(C#CC#N)C(F)C2)CC1.O. The summed E-state index contributed by atoms with van der Waals surface area (Å²) in [7, 11) is 0. The highest BCUT2D eigenvalue weighted by Gasteiger charge is 2.41. The standard InChI is InChI=1S/C18H23F2N.H2O/c1-2-4-13-6-8-14(9-7-13)15-11-17(19)16(5-3-10-21)18(20)12-15;/h2,4,13-18H,6-9,11-12H2,1H3;1H2/b4-2+;. The van der Waals surface area contributed by atoms with Crippen LogP contribution in [0.5, 0.6) is 0 Å². The Labute approximate surface area is 131 Å². The van der Waals surface area contributed by atoms with Gasteiger partial charge in [-0.1, -0.05) is 18.1 Å². The Morgan fingerprint density at radius 1 is 1.00 bits per heavy atom. The molecule has 22 heavy (non-hydrogen) atoms. The largest absolute Gasteiger partial charge is 0.412 e. The molecule has 2 aliphatic carbocycles. The van der Waals surface area contributed by atoms with Crippen LogP contribution in [0.4, 0.5) is 8.78 Å². The first kappa shape index (κ1) is 18.7. The summed E-state index contributed by atoms with van der Waals surface area (Å²) in [5.74, 6) is 4.94. The summed E-state index contributed by atoms with van der Waals surface area (Å²) in [5, 5.41) is 8.42. The lowest BCUT2D eigenvalue weighted by Crippen LogP contribution is -2.38. The third-order valence-corrected chi connectivity index (χ3v) is 5.08. The maximum Gasteiger partial charge on any atom is 0.152 e. The molecule has 0 aromatic heterocycles. The summed E-state index contributed by atoms with van der Waals surface area (Å²) >= 11 is 0. The summed E-state index contributed by atoms with van der Waals surface area (Å²) in [6, 6.07) is 1.65. The number of alkyl halides is 2. The Bertz CT molecular complexity index is 454. The van der Waals surface area contributed by atoms with Gasteiger partial charge < -0.3 is 5.48 Å². The number of nitrogens with zero attached hydrogens (tertiary/aromatic N) is 1. The minimum atomic E-state index is -1.23. The van der Waals surface area contributed by atoms with Gasteiger partial charge in [0.2, 0.25) is 0 Å². The van der Waals surface area contributed by atoms with Gasteiger partial charge in [-0.3, -0.25) is 0 Å². The molecule has 0 amide bonds. The molecule has 0 bridgehead atoms. The highest BCUT2D eigenvalue weighted by atomic mass is 19.1. The molecule has 4 heteroatoms. The van der Waals surface area contributed by atoms with Crippen molar-refractivity contribution in [2.24, 2.45) is 23.7 Å². The zero-order valence-electron chi connectivity index (χ0n) is 13.1. The quantitative estimate of drug-likeness (QED) is 0.566. The van der Waals surface area contributed by atoms with Crippen LogP contribution in [0.2, 0.25) is 0 Å². The molecule has 2 aliphatic rings. The molecule has 2 fully saturated rings. The van der Waals surface area contributed by atoms with Crippen LogP contribution in [-0.4, -0.2) is 17.8 Å². The fourth-order valence-corrected chi connectivity index (χ4v) is 3.96. The number of allylic oxidation sites excluding steroid dienone is 2. The zero-order chi connectivity index (χ0) is 15.2. The van der Waals surface area contributed by atoms with E-state index < -0.39 is 18.3 Å². The fourth-order valence-electron chi connectivity index (χ4n) is 3.96. The molecule has 2 N–H and O–H groups in total. The van der Waals surface area contributed by atoms with E-state index in [1.54, 1.807) is 6.07 Å². The minimum Gasteiger partial charge on any atom is -0.412 e. The molecule has 2 atom stereocenters. The van der Waals surface area contributed by atoms with Gasteiger partial charge in [0, 0.05) is 5.92 Å². The van der Waals surface area contributed by atoms with E-state index in [2.05, 4.69) is 24.0 Å². The van der Waals surface area contributed by atoms with Crippen LogP contribution in [-0.2, 0) is 0 Å². The molecule has 2 rings (SSSR count). The van der Waals surface area contributed by atoms with Gasteiger partial charge in [-0.05, 0) is 63.2 Å². The lowest BCUT2D eigenvalue weighted by molar-refractivity contribution is 0.0406. The van der Waals surface area contributed by atoms with Crippen molar-refractivity contribution in [2.75, 3.05) is 0 Å². The molecular weight excluding hydrogens is 284 g/mol. The third-order valence-electron chi connectivity index (χ3n) is 5.08. The minimum absolute atomic E-state index is 0. The number of hydrogen-bond acceptors (Lipinski definition) is 1. The molecule has 0 aromatic rings. The van der Waals surface area contributed by atoms with Gasteiger partial charge >= 0.3 is 0 Å².